The van der Waals surface area contributed by atoms with E-state index in [2.05, 4.69) is 26.5 Å². The zero-order valence-corrected chi connectivity index (χ0v) is 22.1. The van der Waals surface area contributed by atoms with Gasteiger partial charge in [0.2, 0.25) is 5.89 Å². The molecule has 0 radical (unpaired) electrons. The quantitative estimate of drug-likeness (QED) is 0.193. The number of hydrogen-bond donors (Lipinski definition) is 2. The zero-order chi connectivity index (χ0) is 27.1. The molecule has 0 spiro atoms. The number of nitrogens with zero attached hydrogens (tertiary/aromatic N) is 4. The van der Waals surface area contributed by atoms with Gasteiger partial charge < -0.3 is 20.6 Å². The lowest BCUT2D eigenvalue weighted by Crippen LogP contribution is -2.34. The molecule has 1 aromatic carbocycles. The van der Waals surface area contributed by atoms with Crippen molar-refractivity contribution in [1.82, 2.24) is 9.97 Å². The van der Waals surface area contributed by atoms with Gasteiger partial charge in [-0.3, -0.25) is 14.8 Å². The standard InChI is InChI=1S/C27H31ClN6O3/c1-6-22(35)17(5)16(4)21-14-36-27(34-21)24(25(29)31-7-2)26(30)33-18-9-11-23(20(28)12-18)37-19-10-8-15(3)32-13-19/h6,8-14,16-17,24H,1,7H2,2-5H3,(H2,29,31)(H2,30,33). The van der Waals surface area contributed by atoms with E-state index >= 15 is 0 Å². The molecular formula is C27H31ClN6O3. The molecule has 194 valence electrons. The zero-order valence-electron chi connectivity index (χ0n) is 21.3. The van der Waals surface area contributed by atoms with E-state index < -0.39 is 5.92 Å². The molecule has 0 aliphatic rings. The molecule has 0 aliphatic carbocycles. The van der Waals surface area contributed by atoms with E-state index in [4.69, 9.17) is 32.2 Å². The maximum Gasteiger partial charge on any atom is 0.212 e. The molecule has 9 nitrogen and oxygen atoms in total. The van der Waals surface area contributed by atoms with E-state index in [-0.39, 0.29) is 35.2 Å². The van der Waals surface area contributed by atoms with Crippen molar-refractivity contribution in [3.8, 4) is 11.5 Å². The molecule has 10 heteroatoms. The van der Waals surface area contributed by atoms with Gasteiger partial charge in [0.25, 0.3) is 0 Å². The highest BCUT2D eigenvalue weighted by Gasteiger charge is 2.29. The maximum atomic E-state index is 12.1. The molecule has 0 fully saturated rings. The summed E-state index contributed by atoms with van der Waals surface area (Å²) in [7, 11) is 0. The number of aromatic nitrogens is 2. The summed E-state index contributed by atoms with van der Waals surface area (Å²) in [4.78, 5) is 29.6. The second kappa shape index (κ2) is 12.3. The third-order valence-electron chi connectivity index (χ3n) is 5.87. The Balaban J connectivity index is 1.89. The third-order valence-corrected chi connectivity index (χ3v) is 6.17. The Bertz CT molecular complexity index is 1320. The van der Waals surface area contributed by atoms with Gasteiger partial charge in [0, 0.05) is 24.1 Å². The first-order chi connectivity index (χ1) is 17.6. The summed E-state index contributed by atoms with van der Waals surface area (Å²) in [6.45, 7) is 11.4. The van der Waals surface area contributed by atoms with Crippen LogP contribution < -0.4 is 16.2 Å². The number of nitrogens with two attached hydrogens (primary N) is 2. The average molecular weight is 523 g/mol. The molecule has 0 bridgehead atoms. The Kier molecular flexibility index (Phi) is 9.19. The van der Waals surface area contributed by atoms with Crippen molar-refractivity contribution in [2.45, 2.75) is 39.5 Å². The fourth-order valence-electron chi connectivity index (χ4n) is 3.51. The molecule has 3 aromatic rings. The van der Waals surface area contributed by atoms with Gasteiger partial charge in [0.1, 0.15) is 35.4 Å². The highest BCUT2D eigenvalue weighted by Crippen LogP contribution is 2.33. The van der Waals surface area contributed by atoms with Gasteiger partial charge in [-0.2, -0.15) is 0 Å². The number of hydrogen-bond acceptors (Lipinski definition) is 7. The number of halogens is 1. The predicted molar refractivity (Wildman–Crippen MR) is 146 cm³/mol. The Morgan fingerprint density at radius 3 is 2.62 bits per heavy atom. The first-order valence-corrected chi connectivity index (χ1v) is 12.2. The molecule has 2 heterocycles. The van der Waals surface area contributed by atoms with Gasteiger partial charge in [-0.15, -0.1) is 0 Å². The number of ether oxygens (including phenoxy) is 1. The Hall–Kier alpha value is -3.98. The number of aliphatic imine (C=N–C) groups is 2. The summed E-state index contributed by atoms with van der Waals surface area (Å²) in [5.74, 6) is 0.156. The van der Waals surface area contributed by atoms with Crippen LogP contribution in [-0.2, 0) is 4.79 Å². The minimum atomic E-state index is -0.806. The van der Waals surface area contributed by atoms with Crippen LogP contribution in [-0.4, -0.2) is 34.0 Å². The van der Waals surface area contributed by atoms with Crippen LogP contribution in [0.5, 0.6) is 11.5 Å². The second-order valence-electron chi connectivity index (χ2n) is 8.52. The number of carbonyl (C=O) groups excluding carboxylic acids is 1. The van der Waals surface area contributed by atoms with Crippen molar-refractivity contribution < 1.29 is 13.9 Å². The molecule has 3 unspecified atom stereocenters. The third kappa shape index (κ3) is 6.83. The summed E-state index contributed by atoms with van der Waals surface area (Å²) < 4.78 is 11.5. The lowest BCUT2D eigenvalue weighted by Gasteiger charge is -2.15. The second-order valence-corrected chi connectivity index (χ2v) is 8.92. The minimum Gasteiger partial charge on any atom is -0.454 e. The molecule has 2 aromatic heterocycles. The Morgan fingerprint density at radius 2 is 2.00 bits per heavy atom. The number of carbonyl (C=O) groups is 1. The highest BCUT2D eigenvalue weighted by molar-refractivity contribution is 6.32. The number of ketones is 1. The Labute approximate surface area is 221 Å². The van der Waals surface area contributed by atoms with Crippen molar-refractivity contribution in [2.75, 3.05) is 6.54 Å². The van der Waals surface area contributed by atoms with Crippen LogP contribution >= 0.6 is 11.6 Å². The van der Waals surface area contributed by atoms with Gasteiger partial charge in [-0.25, -0.2) is 9.98 Å². The summed E-state index contributed by atoms with van der Waals surface area (Å²) >= 11 is 6.44. The van der Waals surface area contributed by atoms with E-state index in [1.54, 1.807) is 24.4 Å². The van der Waals surface area contributed by atoms with Gasteiger partial charge in [-0.05, 0) is 50.3 Å². The molecule has 0 aliphatic heterocycles. The fraction of sp³-hybridized carbons (Fsp3) is 0.296. The van der Waals surface area contributed by atoms with Crippen LogP contribution in [0.3, 0.4) is 0 Å². The number of benzene rings is 1. The van der Waals surface area contributed by atoms with Crippen molar-refractivity contribution in [3.05, 3.63) is 77.7 Å². The van der Waals surface area contributed by atoms with Crippen LogP contribution in [0.25, 0.3) is 0 Å². The number of oxazole rings is 1. The largest absolute Gasteiger partial charge is 0.454 e. The van der Waals surface area contributed by atoms with Crippen molar-refractivity contribution in [2.24, 2.45) is 27.4 Å². The number of rotatable bonds is 11. The van der Waals surface area contributed by atoms with E-state index in [9.17, 15) is 4.79 Å². The van der Waals surface area contributed by atoms with E-state index in [0.29, 0.717) is 34.4 Å². The molecule has 0 amide bonds. The molecular weight excluding hydrogens is 492 g/mol. The first-order valence-electron chi connectivity index (χ1n) is 11.8. The SMILES string of the molecule is C=CC(=O)C(C)C(C)c1coc(C(C(N)=NCC)C(N)=Nc2ccc(Oc3ccc(C)nc3)c(Cl)c2)n1. The summed E-state index contributed by atoms with van der Waals surface area (Å²) in [6.07, 6.45) is 4.42. The normalized spacial score (nSPS) is 14.6. The smallest absolute Gasteiger partial charge is 0.212 e. The summed E-state index contributed by atoms with van der Waals surface area (Å²) in [6, 6.07) is 8.68. The fourth-order valence-corrected chi connectivity index (χ4v) is 3.72. The molecule has 0 saturated carbocycles. The number of pyridine rings is 1. The van der Waals surface area contributed by atoms with Crippen LogP contribution in [0.15, 0.2) is 69.8 Å². The van der Waals surface area contributed by atoms with Gasteiger partial charge in [-0.1, -0.05) is 32.0 Å². The van der Waals surface area contributed by atoms with Gasteiger partial charge in [0.15, 0.2) is 5.78 Å². The monoisotopic (exact) mass is 522 g/mol. The number of aryl methyl sites for hydroxylation is 1. The summed E-state index contributed by atoms with van der Waals surface area (Å²) in [5, 5.41) is 0.342. The van der Waals surface area contributed by atoms with Crippen LogP contribution in [0.4, 0.5) is 5.69 Å². The molecule has 37 heavy (non-hydrogen) atoms. The molecule has 0 saturated heterocycles. The lowest BCUT2D eigenvalue weighted by atomic mass is 9.90. The average Bonchev–Trinajstić information content (AvgIpc) is 3.35. The van der Waals surface area contributed by atoms with Crippen LogP contribution in [0.1, 0.15) is 49.9 Å². The van der Waals surface area contributed by atoms with Gasteiger partial charge in [0.05, 0.1) is 22.6 Å². The van der Waals surface area contributed by atoms with E-state index in [0.717, 1.165) is 5.69 Å². The maximum absolute atomic E-state index is 12.1. The molecule has 4 N–H and O–H groups in total. The number of allylic oxidation sites excluding steroid dienone is 1. The highest BCUT2D eigenvalue weighted by atomic mass is 35.5. The molecule has 3 rings (SSSR count). The number of amidine groups is 2. The lowest BCUT2D eigenvalue weighted by molar-refractivity contribution is -0.118. The van der Waals surface area contributed by atoms with E-state index in [1.807, 2.05) is 39.8 Å². The Morgan fingerprint density at radius 1 is 1.24 bits per heavy atom. The van der Waals surface area contributed by atoms with Crippen molar-refractivity contribution >= 4 is 34.7 Å². The predicted octanol–water partition coefficient (Wildman–Crippen LogP) is 5.47. The minimum absolute atomic E-state index is 0.0790. The van der Waals surface area contributed by atoms with Crippen molar-refractivity contribution in [1.29, 1.82) is 0 Å². The van der Waals surface area contributed by atoms with Crippen LogP contribution in [0, 0.1) is 12.8 Å². The topological polar surface area (TPSA) is 142 Å². The van der Waals surface area contributed by atoms with Crippen LogP contribution in [0.2, 0.25) is 5.02 Å². The van der Waals surface area contributed by atoms with E-state index in [1.165, 1.54) is 12.3 Å². The summed E-state index contributed by atoms with van der Waals surface area (Å²) in [5.41, 5.74) is 14.6. The molecule has 3 atom stereocenters. The van der Waals surface area contributed by atoms with Crippen molar-refractivity contribution in [3.63, 3.8) is 0 Å². The van der Waals surface area contributed by atoms with Gasteiger partial charge >= 0.3 is 0 Å². The first kappa shape index (κ1) is 27.6.